The fraction of sp³-hybridized carbons (Fsp3) is 0.273. The number of aryl methyl sites for hydroxylation is 1. The number of hydrogen-bond donors (Lipinski definition) is 1. The standard InChI is InChI=1S/C22H21N5O3S3/c1-14-9-19(27(26-14)16-7-8-33(29,30)12-16)25-20(28)11-31-21-17-10-18(15-5-3-2-4-6-15)32-22(17)24-13-23-21/h2-6,9-10,13,16H,7-8,11-12H2,1H3,(H,25,28). The lowest BCUT2D eigenvalue weighted by molar-refractivity contribution is -0.113. The van der Waals surface area contributed by atoms with Crippen LogP contribution < -0.4 is 5.32 Å². The Morgan fingerprint density at radius 1 is 1.24 bits per heavy atom. The van der Waals surface area contributed by atoms with E-state index in [0.717, 1.165) is 31.4 Å². The molecule has 0 radical (unpaired) electrons. The number of benzene rings is 1. The van der Waals surface area contributed by atoms with Gasteiger partial charge in [0.1, 0.15) is 22.0 Å². The third kappa shape index (κ3) is 4.80. The second-order valence-electron chi connectivity index (χ2n) is 7.88. The minimum absolute atomic E-state index is 0.0482. The van der Waals surface area contributed by atoms with Crippen LogP contribution in [-0.4, -0.2) is 51.3 Å². The first-order chi connectivity index (χ1) is 15.9. The smallest absolute Gasteiger partial charge is 0.235 e. The van der Waals surface area contributed by atoms with Gasteiger partial charge in [-0.3, -0.25) is 4.79 Å². The number of fused-ring (bicyclic) bond motifs is 1. The van der Waals surface area contributed by atoms with E-state index in [9.17, 15) is 13.2 Å². The minimum Gasteiger partial charge on any atom is -0.310 e. The van der Waals surface area contributed by atoms with Crippen LogP contribution in [0.15, 0.2) is 53.8 Å². The maximum atomic E-state index is 12.7. The number of nitrogens with one attached hydrogen (secondary N) is 1. The average Bonchev–Trinajstić information content (AvgIpc) is 3.49. The number of carbonyl (C=O) groups excluding carboxylic acids is 1. The summed E-state index contributed by atoms with van der Waals surface area (Å²) < 4.78 is 25.4. The van der Waals surface area contributed by atoms with Gasteiger partial charge in [-0.1, -0.05) is 42.1 Å². The van der Waals surface area contributed by atoms with Crippen molar-refractivity contribution in [2.24, 2.45) is 0 Å². The Bertz CT molecular complexity index is 1430. The zero-order valence-electron chi connectivity index (χ0n) is 17.8. The molecule has 8 nitrogen and oxygen atoms in total. The summed E-state index contributed by atoms with van der Waals surface area (Å²) in [7, 11) is -3.06. The molecule has 1 aliphatic rings. The zero-order valence-corrected chi connectivity index (χ0v) is 20.2. The van der Waals surface area contributed by atoms with Crippen LogP contribution in [0.5, 0.6) is 0 Å². The van der Waals surface area contributed by atoms with Crippen LogP contribution in [0.1, 0.15) is 18.2 Å². The number of anilines is 1. The molecule has 1 aliphatic heterocycles. The first kappa shape index (κ1) is 22.1. The molecule has 33 heavy (non-hydrogen) atoms. The van der Waals surface area contributed by atoms with Crippen molar-refractivity contribution in [3.8, 4) is 10.4 Å². The summed E-state index contributed by atoms with van der Waals surface area (Å²) in [5.74, 6) is 0.680. The molecule has 1 fully saturated rings. The topological polar surface area (TPSA) is 107 Å². The first-order valence-electron chi connectivity index (χ1n) is 10.4. The molecule has 1 saturated heterocycles. The van der Waals surface area contributed by atoms with Crippen LogP contribution in [0, 0.1) is 6.92 Å². The number of thiophene rings is 1. The highest BCUT2D eigenvalue weighted by molar-refractivity contribution is 8.00. The van der Waals surface area contributed by atoms with E-state index in [0.29, 0.717) is 12.2 Å². The van der Waals surface area contributed by atoms with Crippen molar-refractivity contribution in [2.45, 2.75) is 24.4 Å². The van der Waals surface area contributed by atoms with Gasteiger partial charge >= 0.3 is 0 Å². The monoisotopic (exact) mass is 499 g/mol. The van der Waals surface area contributed by atoms with Crippen LogP contribution >= 0.6 is 23.1 Å². The maximum Gasteiger partial charge on any atom is 0.235 e. The summed E-state index contributed by atoms with van der Waals surface area (Å²) >= 11 is 2.94. The summed E-state index contributed by atoms with van der Waals surface area (Å²) in [6.45, 7) is 1.82. The number of carbonyl (C=O) groups is 1. The van der Waals surface area contributed by atoms with Crippen LogP contribution in [0.2, 0.25) is 0 Å². The van der Waals surface area contributed by atoms with E-state index in [4.69, 9.17) is 0 Å². The third-order valence-corrected chi connectivity index (χ3v) is 9.22. The van der Waals surface area contributed by atoms with Gasteiger partial charge in [0.25, 0.3) is 0 Å². The van der Waals surface area contributed by atoms with Crippen molar-refractivity contribution in [1.29, 1.82) is 0 Å². The molecule has 0 saturated carbocycles. The number of thioether (sulfide) groups is 1. The number of amides is 1. The molecule has 1 unspecified atom stereocenters. The molecule has 170 valence electrons. The molecular formula is C22H21N5O3S3. The molecule has 0 bridgehead atoms. The van der Waals surface area contributed by atoms with Gasteiger partial charge in [0.05, 0.1) is 29.0 Å². The predicted molar refractivity (Wildman–Crippen MR) is 131 cm³/mol. The first-order valence-corrected chi connectivity index (χ1v) is 14.0. The van der Waals surface area contributed by atoms with E-state index in [1.807, 2.05) is 25.1 Å². The van der Waals surface area contributed by atoms with E-state index in [1.54, 1.807) is 22.1 Å². The quantitative estimate of drug-likeness (QED) is 0.316. The van der Waals surface area contributed by atoms with Crippen molar-refractivity contribution in [3.63, 3.8) is 0 Å². The van der Waals surface area contributed by atoms with Gasteiger partial charge in [-0.2, -0.15) is 5.10 Å². The zero-order chi connectivity index (χ0) is 23.0. The summed E-state index contributed by atoms with van der Waals surface area (Å²) in [5.41, 5.74) is 1.85. The van der Waals surface area contributed by atoms with Gasteiger partial charge in [-0.15, -0.1) is 11.3 Å². The number of rotatable bonds is 6. The van der Waals surface area contributed by atoms with Crippen LogP contribution in [-0.2, 0) is 14.6 Å². The van der Waals surface area contributed by atoms with Gasteiger partial charge in [0, 0.05) is 16.3 Å². The van der Waals surface area contributed by atoms with E-state index >= 15 is 0 Å². The molecule has 11 heteroatoms. The van der Waals surface area contributed by atoms with Gasteiger partial charge in [-0.05, 0) is 25.0 Å². The van der Waals surface area contributed by atoms with E-state index in [2.05, 4.69) is 38.6 Å². The van der Waals surface area contributed by atoms with Gasteiger partial charge < -0.3 is 5.32 Å². The summed E-state index contributed by atoms with van der Waals surface area (Å²) in [4.78, 5) is 23.5. The molecule has 5 rings (SSSR count). The van der Waals surface area contributed by atoms with Crippen LogP contribution in [0.3, 0.4) is 0 Å². The Kier molecular flexibility index (Phi) is 5.94. The van der Waals surface area contributed by atoms with Crippen molar-refractivity contribution in [1.82, 2.24) is 19.7 Å². The highest BCUT2D eigenvalue weighted by atomic mass is 32.2. The van der Waals surface area contributed by atoms with Crippen molar-refractivity contribution in [2.75, 3.05) is 22.6 Å². The Morgan fingerprint density at radius 3 is 2.82 bits per heavy atom. The molecule has 4 heterocycles. The highest BCUT2D eigenvalue weighted by Crippen LogP contribution is 2.36. The second kappa shape index (κ2) is 8.88. The molecule has 4 aromatic rings. The fourth-order valence-electron chi connectivity index (χ4n) is 3.86. The fourth-order valence-corrected chi connectivity index (χ4v) is 7.40. The third-order valence-electron chi connectivity index (χ3n) is 5.37. The largest absolute Gasteiger partial charge is 0.310 e. The summed E-state index contributed by atoms with van der Waals surface area (Å²) in [5, 5.41) is 8.98. The van der Waals surface area contributed by atoms with Crippen LogP contribution in [0.25, 0.3) is 20.7 Å². The van der Waals surface area contributed by atoms with Crippen molar-refractivity contribution >= 4 is 54.9 Å². The lowest BCUT2D eigenvalue weighted by Crippen LogP contribution is -2.20. The number of sulfone groups is 1. The Morgan fingerprint density at radius 2 is 2.06 bits per heavy atom. The number of nitrogens with zero attached hydrogens (tertiary/aromatic N) is 4. The number of hydrogen-bond acceptors (Lipinski definition) is 8. The molecule has 1 amide bonds. The normalized spacial score (nSPS) is 17.4. The van der Waals surface area contributed by atoms with Gasteiger partial charge in [-0.25, -0.2) is 23.1 Å². The molecule has 1 atom stereocenters. The average molecular weight is 500 g/mol. The molecule has 1 N–H and O–H groups in total. The molecule has 1 aromatic carbocycles. The molecule has 0 aliphatic carbocycles. The van der Waals surface area contributed by atoms with Gasteiger partial charge in [0.2, 0.25) is 5.91 Å². The Hall–Kier alpha value is -2.76. The number of aromatic nitrogens is 4. The van der Waals surface area contributed by atoms with E-state index in [1.165, 1.54) is 18.1 Å². The molecule has 0 spiro atoms. The molecular weight excluding hydrogens is 478 g/mol. The lowest BCUT2D eigenvalue weighted by Gasteiger charge is -2.13. The minimum atomic E-state index is -3.06. The Balaban J connectivity index is 1.30. The van der Waals surface area contributed by atoms with E-state index < -0.39 is 9.84 Å². The molecule has 3 aromatic heterocycles. The van der Waals surface area contributed by atoms with Crippen molar-refractivity contribution < 1.29 is 13.2 Å². The maximum absolute atomic E-state index is 12.7. The Labute approximate surface area is 199 Å². The summed E-state index contributed by atoms with van der Waals surface area (Å²) in [6.07, 6.45) is 2.02. The van der Waals surface area contributed by atoms with Gasteiger partial charge in [0.15, 0.2) is 9.84 Å². The SMILES string of the molecule is Cc1cc(NC(=O)CSc2ncnc3sc(-c4ccccc4)cc23)n(C2CCS(=O)(=O)C2)n1. The summed E-state index contributed by atoms with van der Waals surface area (Å²) in [6, 6.07) is 13.7. The van der Waals surface area contributed by atoms with Crippen molar-refractivity contribution in [3.05, 3.63) is 54.5 Å². The van der Waals surface area contributed by atoms with E-state index in [-0.39, 0.29) is 29.2 Å². The highest BCUT2D eigenvalue weighted by Gasteiger charge is 2.31. The lowest BCUT2D eigenvalue weighted by atomic mass is 10.2. The second-order valence-corrected chi connectivity index (χ2v) is 12.1. The predicted octanol–water partition coefficient (Wildman–Crippen LogP) is 3.95. The van der Waals surface area contributed by atoms with Crippen LogP contribution in [0.4, 0.5) is 5.82 Å².